The predicted octanol–water partition coefficient (Wildman–Crippen LogP) is 5.45. The maximum atomic E-state index is 5.92. The molecule has 1 fully saturated rings. The number of hydrogen-bond acceptors (Lipinski definition) is 3. The molecule has 5 rings (SSSR count). The minimum atomic E-state index is 0.0962. The molecule has 0 aliphatic heterocycles. The van der Waals surface area contributed by atoms with Crippen molar-refractivity contribution in [3.05, 3.63) is 51.1 Å². The van der Waals surface area contributed by atoms with Crippen molar-refractivity contribution < 1.29 is 14.2 Å². The van der Waals surface area contributed by atoms with Crippen LogP contribution in [0.3, 0.4) is 0 Å². The largest absolute Gasteiger partial charge is 0.493 e. The number of hydrogen-bond donors (Lipinski definition) is 0. The molecule has 2 aromatic carbocycles. The third-order valence-corrected chi connectivity index (χ3v) is 8.41. The van der Waals surface area contributed by atoms with Gasteiger partial charge in [-0.3, -0.25) is 0 Å². The van der Waals surface area contributed by atoms with E-state index in [1.54, 1.807) is 32.5 Å². The zero-order valence-electron chi connectivity index (χ0n) is 18.6. The maximum absolute atomic E-state index is 5.92. The molecule has 3 atom stereocenters. The lowest BCUT2D eigenvalue weighted by molar-refractivity contribution is 0.176. The molecule has 0 amide bonds. The molecule has 2 aromatic rings. The van der Waals surface area contributed by atoms with Crippen molar-refractivity contribution in [2.75, 3.05) is 21.3 Å². The molecule has 1 saturated carbocycles. The van der Waals surface area contributed by atoms with Gasteiger partial charge in [0.05, 0.1) is 21.3 Å². The van der Waals surface area contributed by atoms with E-state index in [2.05, 4.69) is 32.9 Å². The van der Waals surface area contributed by atoms with Crippen LogP contribution in [0, 0.1) is 32.6 Å². The van der Waals surface area contributed by atoms with E-state index >= 15 is 0 Å². The Kier molecular flexibility index (Phi) is 4.17. The molecule has 1 unspecified atom stereocenters. The molecule has 29 heavy (non-hydrogen) atoms. The minimum Gasteiger partial charge on any atom is -0.493 e. The van der Waals surface area contributed by atoms with Crippen molar-refractivity contribution in [1.82, 2.24) is 0 Å². The van der Waals surface area contributed by atoms with E-state index in [4.69, 9.17) is 14.2 Å². The predicted molar refractivity (Wildman–Crippen MR) is 116 cm³/mol. The van der Waals surface area contributed by atoms with Crippen LogP contribution in [0.5, 0.6) is 17.2 Å². The van der Waals surface area contributed by atoms with Gasteiger partial charge in [0, 0.05) is 11.0 Å². The van der Waals surface area contributed by atoms with E-state index in [1.165, 1.54) is 53.5 Å². The number of ether oxygens (including phenoxy) is 3. The van der Waals surface area contributed by atoms with Gasteiger partial charge in [-0.05, 0) is 97.7 Å². The Morgan fingerprint density at radius 2 is 1.38 bits per heavy atom. The van der Waals surface area contributed by atoms with Crippen molar-refractivity contribution >= 4 is 0 Å². The molecular weight excluding hydrogens is 360 g/mol. The van der Waals surface area contributed by atoms with Gasteiger partial charge in [-0.15, -0.1) is 0 Å². The van der Waals surface area contributed by atoms with Crippen LogP contribution in [0.15, 0.2) is 12.1 Å². The maximum Gasteiger partial charge on any atom is 0.203 e. The van der Waals surface area contributed by atoms with Crippen molar-refractivity contribution in [3.8, 4) is 17.2 Å². The van der Waals surface area contributed by atoms with E-state index in [0.29, 0.717) is 11.8 Å². The van der Waals surface area contributed by atoms with Gasteiger partial charge in [0.1, 0.15) is 0 Å². The Bertz CT molecular complexity index is 1010. The second-order valence-corrected chi connectivity index (χ2v) is 9.24. The molecule has 0 radical (unpaired) electrons. The Labute approximate surface area is 174 Å². The van der Waals surface area contributed by atoms with E-state index < -0.39 is 0 Å². The van der Waals surface area contributed by atoms with Crippen LogP contribution in [0.1, 0.15) is 58.2 Å². The van der Waals surface area contributed by atoms with Crippen LogP contribution in [0.4, 0.5) is 0 Å². The Morgan fingerprint density at radius 3 is 2.00 bits per heavy atom. The summed E-state index contributed by atoms with van der Waals surface area (Å²) >= 11 is 0. The molecular formula is C26H32O3. The van der Waals surface area contributed by atoms with Gasteiger partial charge in [-0.2, -0.15) is 0 Å². The summed E-state index contributed by atoms with van der Waals surface area (Å²) in [5.41, 5.74) is 10.4. The summed E-state index contributed by atoms with van der Waals surface area (Å²) < 4.78 is 17.4. The summed E-state index contributed by atoms with van der Waals surface area (Å²) in [6, 6.07) is 4.78. The highest BCUT2D eigenvalue weighted by molar-refractivity contribution is 5.68. The molecule has 0 bridgehead atoms. The van der Waals surface area contributed by atoms with Gasteiger partial charge in [-0.1, -0.05) is 12.5 Å². The van der Waals surface area contributed by atoms with E-state index in [-0.39, 0.29) is 5.41 Å². The lowest BCUT2D eigenvalue weighted by Gasteiger charge is -2.44. The summed E-state index contributed by atoms with van der Waals surface area (Å²) in [6.45, 7) is 6.88. The lowest BCUT2D eigenvalue weighted by atomic mass is 9.59. The van der Waals surface area contributed by atoms with Gasteiger partial charge in [0.2, 0.25) is 5.75 Å². The molecule has 0 saturated heterocycles. The number of rotatable bonds is 3. The number of methoxy groups -OCH3 is 3. The van der Waals surface area contributed by atoms with Crippen LogP contribution in [0.2, 0.25) is 0 Å². The van der Waals surface area contributed by atoms with E-state index in [1.807, 2.05) is 0 Å². The first-order valence-corrected chi connectivity index (χ1v) is 10.9. The second kappa shape index (κ2) is 6.42. The number of benzene rings is 2. The Balaban J connectivity index is 1.86. The first kappa shape index (κ1) is 18.8. The molecule has 0 N–H and O–H groups in total. The zero-order valence-corrected chi connectivity index (χ0v) is 18.6. The van der Waals surface area contributed by atoms with Crippen molar-refractivity contribution in [3.63, 3.8) is 0 Å². The second-order valence-electron chi connectivity index (χ2n) is 9.24. The standard InChI is InChI=1S/C26H32O3/c1-14-10-21-19(16(3)15(14)2)11-17-8-7-9-18-12-20-22(26(17,18)21)13-23(27-4)25(29-6)24(20)28-5/h10,13,17-18H,7-9,11-12H2,1-6H3/t17-,18-,26?/m0/s1. The average molecular weight is 393 g/mol. The van der Waals surface area contributed by atoms with Gasteiger partial charge < -0.3 is 14.2 Å². The van der Waals surface area contributed by atoms with Crippen LogP contribution < -0.4 is 14.2 Å². The quantitative estimate of drug-likeness (QED) is 0.695. The topological polar surface area (TPSA) is 27.7 Å². The number of fused-ring (bicyclic) bond motifs is 2. The summed E-state index contributed by atoms with van der Waals surface area (Å²) in [5, 5.41) is 0. The SMILES string of the molecule is COc1cc2c(c(OC)c1OC)C[C@@H]1CCC[C@H]3Cc4c(cc(C)c(C)c4C)C231. The third kappa shape index (κ3) is 2.19. The summed E-state index contributed by atoms with van der Waals surface area (Å²) in [6.07, 6.45) is 6.19. The van der Waals surface area contributed by atoms with Crippen molar-refractivity contribution in [1.29, 1.82) is 0 Å². The highest BCUT2D eigenvalue weighted by atomic mass is 16.5. The fraction of sp³-hybridized carbons (Fsp3) is 0.538. The molecule has 3 nitrogen and oxygen atoms in total. The molecule has 0 aromatic heterocycles. The highest BCUT2D eigenvalue weighted by Gasteiger charge is 2.59. The lowest BCUT2D eigenvalue weighted by Crippen LogP contribution is -2.41. The minimum absolute atomic E-state index is 0.0962. The number of aryl methyl sites for hydroxylation is 1. The first-order chi connectivity index (χ1) is 14.0. The van der Waals surface area contributed by atoms with Crippen molar-refractivity contribution in [2.45, 2.75) is 58.3 Å². The summed E-state index contributed by atoms with van der Waals surface area (Å²) in [4.78, 5) is 0. The van der Waals surface area contributed by atoms with Crippen LogP contribution in [-0.4, -0.2) is 21.3 Å². The Hall–Kier alpha value is -2.16. The van der Waals surface area contributed by atoms with E-state index in [9.17, 15) is 0 Å². The fourth-order valence-electron chi connectivity index (χ4n) is 7.00. The highest BCUT2D eigenvalue weighted by Crippen LogP contribution is 2.66. The molecule has 3 aliphatic carbocycles. The first-order valence-electron chi connectivity index (χ1n) is 10.9. The normalized spacial score (nSPS) is 26.4. The van der Waals surface area contributed by atoms with Crippen LogP contribution in [0.25, 0.3) is 0 Å². The van der Waals surface area contributed by atoms with Crippen LogP contribution in [-0.2, 0) is 18.3 Å². The zero-order chi connectivity index (χ0) is 20.5. The molecule has 0 heterocycles. The van der Waals surface area contributed by atoms with E-state index in [0.717, 1.165) is 23.7 Å². The molecule has 154 valence electrons. The van der Waals surface area contributed by atoms with Gasteiger partial charge in [0.25, 0.3) is 0 Å². The Morgan fingerprint density at radius 1 is 0.759 bits per heavy atom. The van der Waals surface area contributed by atoms with Gasteiger partial charge in [-0.25, -0.2) is 0 Å². The molecule has 3 aliphatic rings. The van der Waals surface area contributed by atoms with Gasteiger partial charge >= 0.3 is 0 Å². The fourth-order valence-corrected chi connectivity index (χ4v) is 7.00. The van der Waals surface area contributed by atoms with Gasteiger partial charge in [0.15, 0.2) is 11.5 Å². The smallest absolute Gasteiger partial charge is 0.203 e. The average Bonchev–Trinajstić information content (AvgIpc) is 3.25. The molecule has 3 heteroatoms. The third-order valence-electron chi connectivity index (χ3n) is 8.41. The van der Waals surface area contributed by atoms with Crippen molar-refractivity contribution in [2.24, 2.45) is 11.8 Å². The van der Waals surface area contributed by atoms with Crippen LogP contribution >= 0.6 is 0 Å². The molecule has 1 spiro atoms. The summed E-state index contributed by atoms with van der Waals surface area (Å²) in [5.74, 6) is 3.69. The summed E-state index contributed by atoms with van der Waals surface area (Å²) in [7, 11) is 5.19. The monoisotopic (exact) mass is 392 g/mol.